The van der Waals surface area contributed by atoms with E-state index in [0.717, 1.165) is 42.6 Å². The summed E-state index contributed by atoms with van der Waals surface area (Å²) in [4.78, 5) is 16.1. The highest BCUT2D eigenvalue weighted by Crippen LogP contribution is 2.30. The summed E-state index contributed by atoms with van der Waals surface area (Å²) < 4.78 is 0. The average Bonchev–Trinajstić information content (AvgIpc) is 3.23. The minimum atomic E-state index is -0.120. The Hall–Kier alpha value is -2.21. The molecule has 0 saturated carbocycles. The lowest BCUT2D eigenvalue weighted by Crippen LogP contribution is -2.11. The number of carbonyl (C=O) groups is 1. The number of nitrogens with zero attached hydrogens (tertiary/aromatic N) is 2. The number of amides is 1. The second-order valence-corrected chi connectivity index (χ2v) is 7.67. The summed E-state index contributed by atoms with van der Waals surface area (Å²) >= 11 is 1.46. The summed E-state index contributed by atoms with van der Waals surface area (Å²) in [5.74, 6) is -0.120. The number of hydrogen-bond donors (Lipinski definition) is 2. The number of anilines is 1. The first kappa shape index (κ1) is 16.3. The molecule has 0 aliphatic heterocycles. The lowest BCUT2D eigenvalue weighted by molar-refractivity contribution is 0.102. The Labute approximate surface area is 150 Å². The van der Waals surface area contributed by atoms with Gasteiger partial charge in [-0.1, -0.05) is 24.7 Å². The fourth-order valence-corrected chi connectivity index (χ4v) is 4.23. The van der Waals surface area contributed by atoms with Crippen molar-refractivity contribution in [1.82, 2.24) is 15.2 Å². The van der Waals surface area contributed by atoms with Crippen LogP contribution < -0.4 is 5.32 Å². The van der Waals surface area contributed by atoms with E-state index in [2.05, 4.69) is 27.4 Å². The average molecular weight is 354 g/mol. The molecule has 25 heavy (non-hydrogen) atoms. The van der Waals surface area contributed by atoms with Crippen LogP contribution in [0.3, 0.4) is 0 Å². The number of benzene rings is 1. The van der Waals surface area contributed by atoms with E-state index < -0.39 is 0 Å². The van der Waals surface area contributed by atoms with Crippen molar-refractivity contribution in [2.45, 2.75) is 51.9 Å². The van der Waals surface area contributed by atoms with Gasteiger partial charge in [-0.05, 0) is 55.9 Å². The van der Waals surface area contributed by atoms with Crippen LogP contribution in [-0.4, -0.2) is 21.1 Å². The highest BCUT2D eigenvalue weighted by Gasteiger charge is 2.17. The van der Waals surface area contributed by atoms with Crippen LogP contribution >= 0.6 is 11.3 Å². The van der Waals surface area contributed by atoms with Gasteiger partial charge in [0.1, 0.15) is 5.01 Å². The van der Waals surface area contributed by atoms with Gasteiger partial charge in [0, 0.05) is 28.6 Å². The number of fused-ring (bicyclic) bond motifs is 3. The first-order valence-electron chi connectivity index (χ1n) is 9.02. The van der Waals surface area contributed by atoms with Crippen molar-refractivity contribution in [2.75, 3.05) is 5.32 Å². The van der Waals surface area contributed by atoms with Gasteiger partial charge in [0.25, 0.3) is 5.91 Å². The largest absolute Gasteiger partial charge is 0.358 e. The maximum atomic E-state index is 12.6. The number of aryl methyl sites for hydroxylation is 3. The van der Waals surface area contributed by atoms with Crippen LogP contribution in [0.15, 0.2) is 18.2 Å². The summed E-state index contributed by atoms with van der Waals surface area (Å²) in [6.07, 6.45) is 7.81. The Balaban J connectivity index is 1.54. The van der Waals surface area contributed by atoms with Crippen molar-refractivity contribution >= 4 is 33.3 Å². The third kappa shape index (κ3) is 3.31. The summed E-state index contributed by atoms with van der Waals surface area (Å²) in [7, 11) is 0. The Bertz CT molecular complexity index is 911. The number of carbonyl (C=O) groups excluding carboxylic acids is 1. The van der Waals surface area contributed by atoms with Crippen LogP contribution in [0.2, 0.25) is 0 Å². The van der Waals surface area contributed by atoms with Crippen LogP contribution in [0.25, 0.3) is 10.9 Å². The third-order valence-corrected chi connectivity index (χ3v) is 5.69. The fourth-order valence-electron chi connectivity index (χ4n) is 3.45. The molecule has 2 aromatic heterocycles. The zero-order chi connectivity index (χ0) is 17.2. The van der Waals surface area contributed by atoms with Crippen LogP contribution in [0, 0.1) is 0 Å². The number of aromatic amines is 1. The summed E-state index contributed by atoms with van der Waals surface area (Å²) in [5, 5.41) is 13.9. The second-order valence-electron chi connectivity index (χ2n) is 6.61. The number of aromatic nitrogens is 3. The number of H-pyrrole nitrogens is 1. The molecule has 1 amide bonds. The lowest BCUT2D eigenvalue weighted by Gasteiger charge is -2.10. The first-order valence-corrected chi connectivity index (χ1v) is 9.83. The molecular weight excluding hydrogens is 332 g/mol. The zero-order valence-corrected chi connectivity index (χ0v) is 15.2. The van der Waals surface area contributed by atoms with Crippen LogP contribution in [0.1, 0.15) is 59.2 Å². The summed E-state index contributed by atoms with van der Waals surface area (Å²) in [6.45, 7) is 2.15. The molecule has 2 N–H and O–H groups in total. The van der Waals surface area contributed by atoms with Crippen molar-refractivity contribution in [1.29, 1.82) is 0 Å². The minimum Gasteiger partial charge on any atom is -0.358 e. The topological polar surface area (TPSA) is 70.7 Å². The lowest BCUT2D eigenvalue weighted by atomic mass is 9.95. The third-order valence-electron chi connectivity index (χ3n) is 4.79. The Morgan fingerprint density at radius 3 is 3.04 bits per heavy atom. The van der Waals surface area contributed by atoms with E-state index in [4.69, 9.17) is 0 Å². The van der Waals surface area contributed by atoms with Crippen molar-refractivity contribution in [3.05, 3.63) is 40.0 Å². The van der Waals surface area contributed by atoms with Gasteiger partial charge in [0.05, 0.1) is 0 Å². The van der Waals surface area contributed by atoms with E-state index in [1.54, 1.807) is 0 Å². The molecule has 0 bridgehead atoms. The van der Waals surface area contributed by atoms with Gasteiger partial charge in [0.15, 0.2) is 0 Å². The standard InChI is InChI=1S/C19H22N4OS/c1-2-3-8-17-22-23-19(25-17)21-18(24)12-9-10-16-14(11-12)13-6-4-5-7-15(13)20-16/h9-11,20H,2-8H2,1H3,(H,21,23,24). The Morgan fingerprint density at radius 1 is 1.28 bits per heavy atom. The van der Waals surface area contributed by atoms with Gasteiger partial charge in [-0.2, -0.15) is 0 Å². The zero-order valence-electron chi connectivity index (χ0n) is 14.4. The SMILES string of the molecule is CCCCc1nnc(NC(=O)c2ccc3[nH]c4c(c3c2)CCCC4)s1. The minimum absolute atomic E-state index is 0.120. The predicted molar refractivity (Wildman–Crippen MR) is 101 cm³/mol. The molecule has 1 aliphatic rings. The van der Waals surface area contributed by atoms with Gasteiger partial charge in [-0.25, -0.2) is 0 Å². The molecular formula is C19H22N4OS. The maximum absolute atomic E-state index is 12.6. The molecule has 0 spiro atoms. The molecule has 130 valence electrons. The number of rotatable bonds is 5. The quantitative estimate of drug-likeness (QED) is 0.709. The highest BCUT2D eigenvalue weighted by atomic mass is 32.1. The molecule has 3 aromatic rings. The van der Waals surface area contributed by atoms with E-state index in [-0.39, 0.29) is 5.91 Å². The number of hydrogen-bond acceptors (Lipinski definition) is 4. The van der Waals surface area contributed by atoms with Gasteiger partial charge in [-0.15, -0.1) is 10.2 Å². The summed E-state index contributed by atoms with van der Waals surface area (Å²) in [6, 6.07) is 5.89. The van der Waals surface area contributed by atoms with Gasteiger partial charge >= 0.3 is 0 Å². The monoisotopic (exact) mass is 354 g/mol. The van der Waals surface area contributed by atoms with E-state index in [1.807, 2.05) is 18.2 Å². The van der Waals surface area contributed by atoms with Crippen molar-refractivity contribution in [3.63, 3.8) is 0 Å². The van der Waals surface area contributed by atoms with E-state index in [0.29, 0.717) is 10.7 Å². The molecule has 0 radical (unpaired) electrons. The van der Waals surface area contributed by atoms with E-state index in [1.165, 1.54) is 40.8 Å². The second kappa shape index (κ2) is 6.96. The summed E-state index contributed by atoms with van der Waals surface area (Å²) in [5.41, 5.74) is 4.52. The van der Waals surface area contributed by atoms with Crippen LogP contribution in [0.4, 0.5) is 5.13 Å². The van der Waals surface area contributed by atoms with Gasteiger partial charge in [0.2, 0.25) is 5.13 Å². The molecule has 0 saturated heterocycles. The smallest absolute Gasteiger partial charge is 0.257 e. The van der Waals surface area contributed by atoms with Crippen molar-refractivity contribution in [2.24, 2.45) is 0 Å². The predicted octanol–water partition coefficient (Wildman–Crippen LogP) is 4.49. The molecule has 6 heteroatoms. The molecule has 1 aromatic carbocycles. The molecule has 1 aliphatic carbocycles. The highest BCUT2D eigenvalue weighted by molar-refractivity contribution is 7.15. The first-order chi connectivity index (χ1) is 12.2. The fraction of sp³-hybridized carbons (Fsp3) is 0.421. The van der Waals surface area contributed by atoms with Gasteiger partial charge in [-0.3, -0.25) is 10.1 Å². The normalized spacial score (nSPS) is 13.8. The van der Waals surface area contributed by atoms with Crippen molar-refractivity contribution < 1.29 is 4.79 Å². The molecule has 4 rings (SSSR count). The number of unbranched alkanes of at least 4 members (excludes halogenated alkanes) is 1. The number of nitrogens with one attached hydrogen (secondary N) is 2. The maximum Gasteiger partial charge on any atom is 0.257 e. The van der Waals surface area contributed by atoms with E-state index in [9.17, 15) is 4.79 Å². The van der Waals surface area contributed by atoms with Crippen LogP contribution in [-0.2, 0) is 19.3 Å². The van der Waals surface area contributed by atoms with E-state index >= 15 is 0 Å². The Morgan fingerprint density at radius 2 is 2.16 bits per heavy atom. The molecule has 5 nitrogen and oxygen atoms in total. The molecule has 0 fully saturated rings. The molecule has 0 atom stereocenters. The van der Waals surface area contributed by atoms with Gasteiger partial charge < -0.3 is 4.98 Å². The van der Waals surface area contributed by atoms with Crippen LogP contribution in [0.5, 0.6) is 0 Å². The molecule has 2 heterocycles. The molecule has 0 unspecified atom stereocenters. The Kier molecular flexibility index (Phi) is 4.53. The van der Waals surface area contributed by atoms with Crippen molar-refractivity contribution in [3.8, 4) is 0 Å².